The van der Waals surface area contributed by atoms with Crippen molar-refractivity contribution in [3.05, 3.63) is 83.7 Å². The van der Waals surface area contributed by atoms with Gasteiger partial charge in [0, 0.05) is 57.5 Å². The molecule has 2 fully saturated rings. The summed E-state index contributed by atoms with van der Waals surface area (Å²) in [5.74, 6) is 0.427. The first-order valence-electron chi connectivity index (χ1n) is 14.7. The first-order chi connectivity index (χ1) is 19.5. The molecular weight excluding hydrogens is 496 g/mol. The van der Waals surface area contributed by atoms with Gasteiger partial charge >= 0.3 is 0 Å². The predicted octanol–water partition coefficient (Wildman–Crippen LogP) is 6.13. The van der Waals surface area contributed by atoms with Crippen LogP contribution in [0.5, 0.6) is 0 Å². The van der Waals surface area contributed by atoms with E-state index in [0.717, 1.165) is 75.3 Å². The van der Waals surface area contributed by atoms with Crippen molar-refractivity contribution >= 4 is 11.6 Å². The number of methoxy groups -OCH3 is 1. The Morgan fingerprint density at radius 1 is 0.900 bits per heavy atom. The van der Waals surface area contributed by atoms with E-state index in [1.165, 1.54) is 27.9 Å². The van der Waals surface area contributed by atoms with Crippen LogP contribution in [0.4, 0.5) is 0 Å². The Hall–Kier alpha value is -3.48. The summed E-state index contributed by atoms with van der Waals surface area (Å²) in [5.41, 5.74) is 9.22. The summed E-state index contributed by atoms with van der Waals surface area (Å²) in [5, 5.41) is 0. The average Bonchev–Trinajstić information content (AvgIpc) is 3.35. The first kappa shape index (κ1) is 26.7. The Morgan fingerprint density at radius 2 is 1.68 bits per heavy atom. The van der Waals surface area contributed by atoms with Crippen LogP contribution in [0.3, 0.4) is 0 Å². The summed E-state index contributed by atoms with van der Waals surface area (Å²) in [6, 6.07) is 21.6. The number of ether oxygens (including phenoxy) is 1. The minimum absolute atomic E-state index is 0.109. The fourth-order valence-corrected chi connectivity index (χ4v) is 6.36. The number of aromatic nitrogens is 2. The highest BCUT2D eigenvalue weighted by molar-refractivity contribution is 5.79. The van der Waals surface area contributed by atoms with E-state index in [2.05, 4.69) is 94.9 Å². The second-order valence-corrected chi connectivity index (χ2v) is 11.6. The van der Waals surface area contributed by atoms with E-state index in [-0.39, 0.29) is 12.0 Å². The monoisotopic (exact) mass is 536 g/mol. The van der Waals surface area contributed by atoms with Crippen molar-refractivity contribution < 1.29 is 9.53 Å². The first-order valence-corrected chi connectivity index (χ1v) is 14.7. The van der Waals surface area contributed by atoms with E-state index < -0.39 is 0 Å². The number of piperazine rings is 1. The molecule has 6 heteroatoms. The Morgan fingerprint density at radius 3 is 2.42 bits per heavy atom. The topological polar surface area (TPSA) is 50.1 Å². The number of carbonyl (C=O) groups is 1. The summed E-state index contributed by atoms with van der Waals surface area (Å²) >= 11 is 0. The molecule has 1 saturated heterocycles. The highest BCUT2D eigenvalue weighted by Crippen LogP contribution is 2.31. The van der Waals surface area contributed by atoms with Crippen LogP contribution in [0.25, 0.3) is 28.0 Å². The minimum Gasteiger partial charge on any atom is -0.381 e. The van der Waals surface area contributed by atoms with Crippen molar-refractivity contribution in [1.29, 1.82) is 0 Å². The zero-order valence-electron chi connectivity index (χ0n) is 24.0. The number of hydrogen-bond donors (Lipinski definition) is 0. The van der Waals surface area contributed by atoms with Gasteiger partial charge in [-0.25, -0.2) is 4.98 Å². The van der Waals surface area contributed by atoms with Crippen LogP contribution < -0.4 is 0 Å². The van der Waals surface area contributed by atoms with Gasteiger partial charge in [0.15, 0.2) is 0 Å². The standard InChI is InChI=1S/C34H40N4O2/c1-24-10-12-26(13-11-24)33-31(38-22-29(14-15-32(38)35-33)27-7-4-6-25(2)20-27)23-36-16-18-37(19-17-36)34(39)28-8-5-9-30(21-28)40-3/h4,6-7,10-15,20,22,28,30H,5,8-9,16-19,21,23H2,1-3H3. The van der Waals surface area contributed by atoms with Crippen molar-refractivity contribution in [3.8, 4) is 22.4 Å². The molecule has 4 aromatic rings. The van der Waals surface area contributed by atoms with Crippen LogP contribution in [0.1, 0.15) is 42.5 Å². The number of amides is 1. The van der Waals surface area contributed by atoms with Crippen molar-refractivity contribution in [3.63, 3.8) is 0 Å². The molecule has 40 heavy (non-hydrogen) atoms. The second kappa shape index (κ2) is 11.6. The lowest BCUT2D eigenvalue weighted by atomic mass is 9.86. The molecule has 1 aliphatic carbocycles. The van der Waals surface area contributed by atoms with Gasteiger partial charge in [-0.15, -0.1) is 0 Å². The molecule has 0 N–H and O–H groups in total. The molecule has 2 aromatic heterocycles. The van der Waals surface area contributed by atoms with Gasteiger partial charge in [0.1, 0.15) is 5.65 Å². The average molecular weight is 537 g/mol. The summed E-state index contributed by atoms with van der Waals surface area (Å²) < 4.78 is 7.85. The van der Waals surface area contributed by atoms with Gasteiger partial charge in [0.25, 0.3) is 0 Å². The zero-order valence-corrected chi connectivity index (χ0v) is 24.0. The molecule has 1 amide bonds. The second-order valence-electron chi connectivity index (χ2n) is 11.6. The molecule has 0 bridgehead atoms. The molecule has 2 atom stereocenters. The van der Waals surface area contributed by atoms with E-state index >= 15 is 0 Å². The van der Waals surface area contributed by atoms with Gasteiger partial charge in [-0.05, 0) is 56.4 Å². The summed E-state index contributed by atoms with van der Waals surface area (Å²) in [4.78, 5) is 23.0. The molecule has 6 nitrogen and oxygen atoms in total. The molecular formula is C34H40N4O2. The molecule has 6 rings (SSSR count). The van der Waals surface area contributed by atoms with Crippen molar-refractivity contribution in [2.45, 2.75) is 52.2 Å². The molecule has 0 radical (unpaired) electrons. The van der Waals surface area contributed by atoms with Crippen molar-refractivity contribution in [2.75, 3.05) is 33.3 Å². The Balaban J connectivity index is 1.25. The molecule has 2 aliphatic rings. The minimum atomic E-state index is 0.109. The lowest BCUT2D eigenvalue weighted by molar-refractivity contribution is -0.140. The maximum atomic E-state index is 13.3. The predicted molar refractivity (Wildman–Crippen MR) is 160 cm³/mol. The van der Waals surface area contributed by atoms with Crippen LogP contribution in [-0.2, 0) is 16.1 Å². The number of hydrogen-bond acceptors (Lipinski definition) is 4. The highest BCUT2D eigenvalue weighted by atomic mass is 16.5. The summed E-state index contributed by atoms with van der Waals surface area (Å²) in [6.07, 6.45) is 6.46. The molecule has 1 aliphatic heterocycles. The van der Waals surface area contributed by atoms with Crippen molar-refractivity contribution in [1.82, 2.24) is 19.2 Å². The molecule has 2 unspecified atom stereocenters. The summed E-state index contributed by atoms with van der Waals surface area (Å²) in [6.45, 7) is 8.32. The largest absolute Gasteiger partial charge is 0.381 e. The molecule has 208 valence electrons. The van der Waals surface area contributed by atoms with Crippen LogP contribution in [-0.4, -0.2) is 64.5 Å². The number of rotatable bonds is 6. The Bertz CT molecular complexity index is 1480. The smallest absolute Gasteiger partial charge is 0.225 e. The maximum absolute atomic E-state index is 13.3. The third-order valence-corrected chi connectivity index (χ3v) is 8.76. The highest BCUT2D eigenvalue weighted by Gasteiger charge is 2.32. The van der Waals surface area contributed by atoms with Crippen molar-refractivity contribution in [2.24, 2.45) is 5.92 Å². The van der Waals surface area contributed by atoms with E-state index in [1.54, 1.807) is 7.11 Å². The van der Waals surface area contributed by atoms with Crippen LogP contribution >= 0.6 is 0 Å². The molecule has 0 spiro atoms. The van der Waals surface area contributed by atoms with Gasteiger partial charge in [-0.3, -0.25) is 9.69 Å². The zero-order chi connectivity index (χ0) is 27.6. The quantitative estimate of drug-likeness (QED) is 0.297. The van der Waals surface area contributed by atoms with Crippen LogP contribution in [0.2, 0.25) is 0 Å². The number of benzene rings is 2. The molecule has 3 heterocycles. The van der Waals surface area contributed by atoms with E-state index in [4.69, 9.17) is 9.72 Å². The molecule has 1 saturated carbocycles. The Labute approximate surface area is 237 Å². The van der Waals surface area contributed by atoms with E-state index in [0.29, 0.717) is 5.91 Å². The van der Waals surface area contributed by atoms with Gasteiger partial charge in [-0.2, -0.15) is 0 Å². The maximum Gasteiger partial charge on any atom is 0.225 e. The van der Waals surface area contributed by atoms with Gasteiger partial charge in [-0.1, -0.05) is 66.1 Å². The Kier molecular flexibility index (Phi) is 7.72. The SMILES string of the molecule is COC1CCCC(C(=O)N2CCN(Cc3c(-c4ccc(C)cc4)nc4ccc(-c5cccc(C)c5)cn34)CC2)C1. The lowest BCUT2D eigenvalue weighted by Crippen LogP contribution is -2.50. The van der Waals surface area contributed by atoms with Crippen LogP contribution in [0.15, 0.2) is 66.9 Å². The van der Waals surface area contributed by atoms with Gasteiger partial charge in [0.2, 0.25) is 5.91 Å². The normalized spacial score (nSPS) is 20.2. The number of fused-ring (bicyclic) bond motifs is 1. The van der Waals surface area contributed by atoms with Crippen LogP contribution in [0, 0.1) is 19.8 Å². The third-order valence-electron chi connectivity index (χ3n) is 8.76. The van der Waals surface area contributed by atoms with Gasteiger partial charge in [0.05, 0.1) is 17.5 Å². The number of pyridine rings is 1. The molecule has 2 aromatic carbocycles. The van der Waals surface area contributed by atoms with E-state index in [9.17, 15) is 4.79 Å². The van der Waals surface area contributed by atoms with Gasteiger partial charge < -0.3 is 14.0 Å². The fourth-order valence-electron chi connectivity index (χ4n) is 6.36. The van der Waals surface area contributed by atoms with E-state index in [1.807, 2.05) is 0 Å². The fraction of sp³-hybridized carbons (Fsp3) is 0.412. The number of aryl methyl sites for hydroxylation is 2. The summed E-state index contributed by atoms with van der Waals surface area (Å²) in [7, 11) is 1.77. The number of imidazole rings is 1. The third kappa shape index (κ3) is 5.56. The number of nitrogens with zero attached hydrogens (tertiary/aromatic N) is 4. The number of carbonyl (C=O) groups excluding carboxylic acids is 1. The lowest BCUT2D eigenvalue weighted by Gasteiger charge is -2.38.